The molecule has 0 atom stereocenters. The minimum absolute atomic E-state index is 0.520. The Labute approximate surface area is 167 Å². The van der Waals surface area contributed by atoms with Crippen LogP contribution in [0, 0.1) is 0 Å². The maximum atomic E-state index is 6.51. The van der Waals surface area contributed by atoms with Crippen LogP contribution in [-0.4, -0.2) is 17.0 Å². The summed E-state index contributed by atoms with van der Waals surface area (Å²) in [4.78, 5) is 8.18. The number of methoxy groups -OCH3 is 1. The summed E-state index contributed by atoms with van der Waals surface area (Å²) >= 11 is 8.26. The summed E-state index contributed by atoms with van der Waals surface area (Å²) in [5.74, 6) is 1.71. The number of nitrogens with zero attached hydrogens (tertiary/aromatic N) is 2. The highest BCUT2D eigenvalue weighted by Gasteiger charge is 2.14. The number of hydrogen-bond acceptors (Lipinski definition) is 5. The Kier molecular flexibility index (Phi) is 5.43. The van der Waals surface area contributed by atoms with Crippen LogP contribution in [-0.2, 0) is 19.6 Å². The average Bonchev–Trinajstić information content (AvgIpc) is 3.36. The van der Waals surface area contributed by atoms with Crippen molar-refractivity contribution in [2.75, 3.05) is 7.11 Å². The molecule has 0 radical (unpaired) electrons. The molecule has 0 aliphatic heterocycles. The highest BCUT2D eigenvalue weighted by Crippen LogP contribution is 2.26. The summed E-state index contributed by atoms with van der Waals surface area (Å²) in [5.41, 5.74) is 1.83. The van der Waals surface area contributed by atoms with Crippen molar-refractivity contribution in [1.82, 2.24) is 9.88 Å². The van der Waals surface area contributed by atoms with Crippen molar-refractivity contribution in [3.8, 4) is 5.75 Å². The lowest BCUT2D eigenvalue weighted by Crippen LogP contribution is -2.22. The first-order valence-corrected chi connectivity index (χ1v) is 9.87. The van der Waals surface area contributed by atoms with Gasteiger partial charge >= 0.3 is 0 Å². The maximum absolute atomic E-state index is 6.51. The van der Waals surface area contributed by atoms with Crippen LogP contribution in [0.2, 0.25) is 5.15 Å². The third-order valence-electron chi connectivity index (χ3n) is 4.36. The number of fused-ring (bicyclic) bond motifs is 1. The molecule has 4 aromatic rings. The van der Waals surface area contributed by atoms with Gasteiger partial charge in [-0.3, -0.25) is 4.90 Å². The van der Waals surface area contributed by atoms with Gasteiger partial charge in [-0.15, -0.1) is 11.3 Å². The SMILES string of the molecule is COc1ccc2cc(CN(Cc3ccco3)Cc3cccs3)c(Cl)nc2c1. The van der Waals surface area contributed by atoms with Gasteiger partial charge in [0, 0.05) is 35.0 Å². The van der Waals surface area contributed by atoms with Crippen molar-refractivity contribution in [2.45, 2.75) is 19.6 Å². The van der Waals surface area contributed by atoms with Gasteiger partial charge in [-0.2, -0.15) is 0 Å². The predicted octanol–water partition coefficient (Wildman–Crippen LogP) is 5.75. The fourth-order valence-electron chi connectivity index (χ4n) is 3.06. The van der Waals surface area contributed by atoms with Gasteiger partial charge in [0.2, 0.25) is 0 Å². The first-order valence-electron chi connectivity index (χ1n) is 8.61. The van der Waals surface area contributed by atoms with E-state index in [1.165, 1.54) is 4.88 Å². The van der Waals surface area contributed by atoms with Crippen molar-refractivity contribution in [1.29, 1.82) is 0 Å². The lowest BCUT2D eigenvalue weighted by Gasteiger charge is -2.21. The summed E-state index contributed by atoms with van der Waals surface area (Å²) < 4.78 is 10.8. The molecule has 138 valence electrons. The van der Waals surface area contributed by atoms with Gasteiger partial charge in [0.15, 0.2) is 0 Å². The van der Waals surface area contributed by atoms with Crippen molar-refractivity contribution >= 4 is 33.8 Å². The van der Waals surface area contributed by atoms with E-state index in [9.17, 15) is 0 Å². The van der Waals surface area contributed by atoms with E-state index in [0.717, 1.165) is 34.5 Å². The van der Waals surface area contributed by atoms with Crippen LogP contribution >= 0.6 is 22.9 Å². The van der Waals surface area contributed by atoms with E-state index in [4.69, 9.17) is 20.8 Å². The van der Waals surface area contributed by atoms with Gasteiger partial charge in [0.1, 0.15) is 16.7 Å². The molecule has 0 saturated heterocycles. The number of rotatable bonds is 7. The molecule has 3 aromatic heterocycles. The third kappa shape index (κ3) is 4.33. The van der Waals surface area contributed by atoms with Crippen molar-refractivity contribution in [3.05, 3.63) is 81.5 Å². The maximum Gasteiger partial charge on any atom is 0.134 e. The normalized spacial score (nSPS) is 11.4. The van der Waals surface area contributed by atoms with E-state index < -0.39 is 0 Å². The van der Waals surface area contributed by atoms with Gasteiger partial charge in [-0.25, -0.2) is 4.98 Å². The summed E-state index contributed by atoms with van der Waals surface area (Å²) in [7, 11) is 1.65. The minimum Gasteiger partial charge on any atom is -0.497 e. The fourth-order valence-corrected chi connectivity index (χ4v) is 4.01. The predicted molar refractivity (Wildman–Crippen MR) is 109 cm³/mol. The third-order valence-corrected chi connectivity index (χ3v) is 5.55. The van der Waals surface area contributed by atoms with E-state index in [2.05, 4.69) is 33.5 Å². The molecule has 0 amide bonds. The molecular weight excluding hydrogens is 380 g/mol. The quantitative estimate of drug-likeness (QED) is 0.371. The topological polar surface area (TPSA) is 38.5 Å². The Hall–Kier alpha value is -2.34. The van der Waals surface area contributed by atoms with Crippen molar-refractivity contribution < 1.29 is 9.15 Å². The summed E-state index contributed by atoms with van der Waals surface area (Å²) in [6.07, 6.45) is 1.70. The van der Waals surface area contributed by atoms with E-state index in [-0.39, 0.29) is 0 Å². The molecule has 0 fully saturated rings. The summed E-state index contributed by atoms with van der Waals surface area (Å²) in [6, 6.07) is 16.1. The lowest BCUT2D eigenvalue weighted by molar-refractivity contribution is 0.229. The molecule has 1 aromatic carbocycles. The van der Waals surface area contributed by atoms with E-state index in [1.807, 2.05) is 30.3 Å². The Balaban J connectivity index is 1.62. The first kappa shape index (κ1) is 18.0. The van der Waals surface area contributed by atoms with Crippen LogP contribution < -0.4 is 4.74 Å². The molecule has 4 rings (SSSR count). The summed E-state index contributed by atoms with van der Waals surface area (Å²) in [6.45, 7) is 2.23. The van der Waals surface area contributed by atoms with Gasteiger partial charge in [-0.05, 0) is 41.8 Å². The zero-order valence-electron chi connectivity index (χ0n) is 14.9. The largest absolute Gasteiger partial charge is 0.497 e. The first-order chi connectivity index (χ1) is 13.2. The van der Waals surface area contributed by atoms with Crippen LogP contribution in [0.15, 0.2) is 64.6 Å². The Morgan fingerprint density at radius 1 is 1.11 bits per heavy atom. The number of furan rings is 1. The number of aromatic nitrogens is 1. The number of halogens is 1. The molecule has 6 heteroatoms. The van der Waals surface area contributed by atoms with Crippen LogP contribution in [0.25, 0.3) is 10.9 Å². The Bertz CT molecular complexity index is 980. The van der Waals surface area contributed by atoms with Crippen LogP contribution in [0.1, 0.15) is 16.2 Å². The standard InChI is InChI=1S/C21H19ClN2O2S/c1-25-17-7-6-15-10-16(21(22)23-20(15)11-17)12-24(13-18-4-2-8-26-18)14-19-5-3-9-27-19/h2-11H,12-14H2,1H3. The zero-order chi connectivity index (χ0) is 18.6. The second-order valence-electron chi connectivity index (χ2n) is 6.30. The van der Waals surface area contributed by atoms with Crippen LogP contribution in [0.5, 0.6) is 5.75 Å². The number of pyridine rings is 1. The Morgan fingerprint density at radius 3 is 2.78 bits per heavy atom. The molecular formula is C21H19ClN2O2S. The Morgan fingerprint density at radius 2 is 2.04 bits per heavy atom. The molecule has 27 heavy (non-hydrogen) atoms. The second kappa shape index (κ2) is 8.13. The number of ether oxygens (including phenoxy) is 1. The zero-order valence-corrected chi connectivity index (χ0v) is 16.5. The monoisotopic (exact) mass is 398 g/mol. The molecule has 0 spiro atoms. The van der Waals surface area contributed by atoms with Crippen LogP contribution in [0.3, 0.4) is 0 Å². The van der Waals surface area contributed by atoms with E-state index in [1.54, 1.807) is 24.7 Å². The van der Waals surface area contributed by atoms with Crippen LogP contribution in [0.4, 0.5) is 0 Å². The molecule has 0 saturated carbocycles. The van der Waals surface area contributed by atoms with Gasteiger partial charge < -0.3 is 9.15 Å². The molecule has 0 unspecified atom stereocenters. The highest BCUT2D eigenvalue weighted by molar-refractivity contribution is 7.09. The summed E-state index contributed by atoms with van der Waals surface area (Å²) in [5, 5.41) is 3.66. The van der Waals surface area contributed by atoms with Gasteiger partial charge in [0.25, 0.3) is 0 Å². The average molecular weight is 399 g/mol. The fraction of sp³-hybridized carbons (Fsp3) is 0.190. The number of benzene rings is 1. The van der Waals surface area contributed by atoms with Crippen molar-refractivity contribution in [2.24, 2.45) is 0 Å². The molecule has 0 aliphatic rings. The number of thiophene rings is 1. The van der Waals surface area contributed by atoms with E-state index >= 15 is 0 Å². The smallest absolute Gasteiger partial charge is 0.134 e. The second-order valence-corrected chi connectivity index (χ2v) is 7.69. The van der Waals surface area contributed by atoms with Gasteiger partial charge in [-0.1, -0.05) is 17.7 Å². The molecule has 4 nitrogen and oxygen atoms in total. The van der Waals surface area contributed by atoms with E-state index in [0.29, 0.717) is 18.2 Å². The molecule has 0 aliphatic carbocycles. The number of hydrogen-bond donors (Lipinski definition) is 0. The molecule has 0 N–H and O–H groups in total. The molecule has 0 bridgehead atoms. The molecule has 3 heterocycles. The van der Waals surface area contributed by atoms with Crippen molar-refractivity contribution in [3.63, 3.8) is 0 Å². The minimum atomic E-state index is 0.520. The lowest BCUT2D eigenvalue weighted by atomic mass is 10.1. The van der Waals surface area contributed by atoms with Gasteiger partial charge in [0.05, 0.1) is 25.4 Å². The highest BCUT2D eigenvalue weighted by atomic mass is 35.5.